The van der Waals surface area contributed by atoms with Crippen LogP contribution in [0.25, 0.3) is 22.9 Å². The molecule has 2 atom stereocenters. The van der Waals surface area contributed by atoms with Gasteiger partial charge in [-0.15, -0.1) is 0 Å². The van der Waals surface area contributed by atoms with Gasteiger partial charge in [0, 0.05) is 27.5 Å². The van der Waals surface area contributed by atoms with Crippen LogP contribution in [-0.2, 0) is 27.6 Å². The Morgan fingerprint density at radius 3 is 2.37 bits per heavy atom. The van der Waals surface area contributed by atoms with Gasteiger partial charge in [-0.05, 0) is 108 Å². The van der Waals surface area contributed by atoms with Crippen LogP contribution in [0.4, 0.5) is 0 Å². The molecule has 1 fully saturated rings. The molecule has 0 spiro atoms. The average molecular weight is 623 g/mol. The molecule has 43 heavy (non-hydrogen) atoms. The first kappa shape index (κ1) is 33.6. The normalized spacial score (nSPS) is 15.6. The third-order valence-corrected chi connectivity index (χ3v) is 10.4. The molecule has 5 rings (SSSR count). The standard InChI is InChI=1S/C36H37ClO4S.Na/c1-35(2,40)32-9-4-3-7-28(32)15-17-33(42(41)24-36(18-19-36)23-34(38)39)29-8-5-6-25(20-29)10-11-26-12-13-27-14-16-31(37)22-30(27)21-26;/h3-14,16,20-22,33,40H,15,17-19,23-24H2,1-2H3,(H,38,39);/q;+1/p-1/b11-10-;/t33-,42?;/m1./s1. The van der Waals surface area contributed by atoms with Crippen LogP contribution in [0, 0.1) is 5.41 Å². The largest absolute Gasteiger partial charge is 1.00 e. The summed E-state index contributed by atoms with van der Waals surface area (Å²) in [7, 11) is -1.29. The molecule has 1 unspecified atom stereocenters. The molecule has 0 aliphatic heterocycles. The number of rotatable bonds is 12. The summed E-state index contributed by atoms with van der Waals surface area (Å²) in [5.41, 5.74) is 3.48. The van der Waals surface area contributed by atoms with E-state index in [0.717, 1.165) is 51.4 Å². The van der Waals surface area contributed by atoms with Crippen LogP contribution in [0.5, 0.6) is 0 Å². The summed E-state index contributed by atoms with van der Waals surface area (Å²) in [5, 5.41) is 24.7. The summed E-state index contributed by atoms with van der Waals surface area (Å²) in [4.78, 5) is 11.4. The van der Waals surface area contributed by atoms with Gasteiger partial charge in [0.15, 0.2) is 0 Å². The van der Waals surface area contributed by atoms with Crippen molar-refractivity contribution in [2.75, 3.05) is 5.75 Å². The van der Waals surface area contributed by atoms with E-state index in [4.69, 9.17) is 11.6 Å². The van der Waals surface area contributed by atoms with Gasteiger partial charge in [-0.1, -0.05) is 90.5 Å². The SMILES string of the molecule is CC(C)(O)c1ccccc1CC[C@H](c1cccc(/C=C\c2ccc3ccc(Cl)cc3c2)c1)S(=O)CC1(CC(=O)[O-])CC1.[Na+]. The van der Waals surface area contributed by atoms with Gasteiger partial charge >= 0.3 is 29.6 Å². The number of carbonyl (C=O) groups excluding carboxylic acids is 1. The number of carboxylic acids is 1. The van der Waals surface area contributed by atoms with Gasteiger partial charge in [0.1, 0.15) is 0 Å². The van der Waals surface area contributed by atoms with Gasteiger partial charge in [0.05, 0.1) is 10.9 Å². The molecule has 1 N–H and O–H groups in total. The van der Waals surface area contributed by atoms with E-state index in [2.05, 4.69) is 36.4 Å². The van der Waals surface area contributed by atoms with Crippen LogP contribution in [-0.4, -0.2) is 21.0 Å². The van der Waals surface area contributed by atoms with E-state index < -0.39 is 27.8 Å². The van der Waals surface area contributed by atoms with Gasteiger partial charge in [0.2, 0.25) is 0 Å². The Morgan fingerprint density at radius 1 is 0.977 bits per heavy atom. The number of hydrogen-bond donors (Lipinski definition) is 1. The van der Waals surface area contributed by atoms with Crippen LogP contribution in [0.2, 0.25) is 5.02 Å². The van der Waals surface area contributed by atoms with E-state index in [1.807, 2.05) is 60.7 Å². The Bertz CT molecular complexity index is 1650. The van der Waals surface area contributed by atoms with Crippen LogP contribution in [0.1, 0.15) is 72.6 Å². The molecule has 0 amide bonds. The van der Waals surface area contributed by atoms with Crippen LogP contribution in [0.3, 0.4) is 0 Å². The van der Waals surface area contributed by atoms with E-state index in [-0.39, 0.29) is 41.2 Å². The summed E-state index contributed by atoms with van der Waals surface area (Å²) in [6.07, 6.45) is 6.85. The molecule has 1 aliphatic rings. The monoisotopic (exact) mass is 622 g/mol. The zero-order valence-corrected chi connectivity index (χ0v) is 28.6. The van der Waals surface area contributed by atoms with Crippen LogP contribution >= 0.6 is 11.6 Å². The number of aliphatic carboxylic acids is 1. The second-order valence-electron chi connectivity index (χ2n) is 12.1. The minimum Gasteiger partial charge on any atom is -0.550 e. The Morgan fingerprint density at radius 2 is 1.67 bits per heavy atom. The summed E-state index contributed by atoms with van der Waals surface area (Å²) >= 11 is 6.19. The third-order valence-electron chi connectivity index (χ3n) is 8.17. The molecule has 4 aromatic rings. The predicted octanol–water partition coefficient (Wildman–Crippen LogP) is 4.24. The zero-order valence-electron chi connectivity index (χ0n) is 25.0. The van der Waals surface area contributed by atoms with Crippen molar-refractivity contribution in [2.45, 2.75) is 56.8 Å². The number of benzene rings is 4. The van der Waals surface area contributed by atoms with Crippen molar-refractivity contribution in [3.63, 3.8) is 0 Å². The Hall–Kier alpha value is -2.25. The summed E-state index contributed by atoms with van der Waals surface area (Å²) < 4.78 is 13.9. The summed E-state index contributed by atoms with van der Waals surface area (Å²) in [6, 6.07) is 28.0. The van der Waals surface area contributed by atoms with Crippen molar-refractivity contribution in [3.05, 3.63) is 118 Å². The maximum atomic E-state index is 13.9. The fraction of sp³-hybridized carbons (Fsp3) is 0.306. The number of aryl methyl sites for hydroxylation is 1. The molecular formula is C36H36ClNaO4S. The number of carboxylic acid groups (broad SMARTS) is 1. The van der Waals surface area contributed by atoms with Crippen molar-refractivity contribution in [1.29, 1.82) is 0 Å². The van der Waals surface area contributed by atoms with Crippen molar-refractivity contribution in [2.24, 2.45) is 5.41 Å². The molecule has 4 nitrogen and oxygen atoms in total. The Balaban J connectivity index is 0.00000423. The maximum absolute atomic E-state index is 13.9. The molecule has 218 valence electrons. The number of carbonyl (C=O) groups is 1. The fourth-order valence-corrected chi connectivity index (χ4v) is 7.93. The van der Waals surface area contributed by atoms with Gasteiger partial charge in [0.25, 0.3) is 0 Å². The summed E-state index contributed by atoms with van der Waals surface area (Å²) in [5.74, 6) is -0.735. The first-order valence-electron chi connectivity index (χ1n) is 14.4. The average Bonchev–Trinajstić information content (AvgIpc) is 3.69. The van der Waals surface area contributed by atoms with Crippen molar-refractivity contribution in [3.8, 4) is 0 Å². The number of fused-ring (bicyclic) bond motifs is 1. The van der Waals surface area contributed by atoms with Crippen LogP contribution in [0.15, 0.2) is 84.9 Å². The first-order chi connectivity index (χ1) is 20.0. The molecule has 0 heterocycles. The third kappa shape index (κ3) is 8.91. The van der Waals surface area contributed by atoms with Gasteiger partial charge in [-0.2, -0.15) is 0 Å². The molecule has 0 radical (unpaired) electrons. The molecule has 7 heteroatoms. The molecule has 0 saturated heterocycles. The molecule has 4 aromatic carbocycles. The molecule has 0 aromatic heterocycles. The van der Waals surface area contributed by atoms with Crippen molar-refractivity contribution in [1.82, 2.24) is 0 Å². The van der Waals surface area contributed by atoms with Gasteiger partial charge < -0.3 is 15.0 Å². The smallest absolute Gasteiger partial charge is 0.550 e. The Labute approximate surface area is 283 Å². The molecule has 0 bridgehead atoms. The predicted molar refractivity (Wildman–Crippen MR) is 171 cm³/mol. The second-order valence-corrected chi connectivity index (χ2v) is 14.1. The second kappa shape index (κ2) is 14.2. The van der Waals surface area contributed by atoms with E-state index in [1.165, 1.54) is 0 Å². The minimum absolute atomic E-state index is 0. The van der Waals surface area contributed by atoms with Crippen molar-refractivity contribution >= 4 is 51.3 Å². The molecular weight excluding hydrogens is 587 g/mol. The first-order valence-corrected chi connectivity index (χ1v) is 16.1. The minimum atomic E-state index is -1.29. The van der Waals surface area contributed by atoms with E-state index in [0.29, 0.717) is 23.6 Å². The fourth-order valence-electron chi connectivity index (χ4n) is 5.72. The van der Waals surface area contributed by atoms with Crippen LogP contribution < -0.4 is 34.7 Å². The van der Waals surface area contributed by atoms with E-state index in [9.17, 15) is 19.2 Å². The van der Waals surface area contributed by atoms with Gasteiger partial charge in [-0.3, -0.25) is 4.21 Å². The maximum Gasteiger partial charge on any atom is 1.00 e. The molecule has 1 saturated carbocycles. The molecule has 1 aliphatic carbocycles. The quantitative estimate of drug-likeness (QED) is 0.189. The van der Waals surface area contributed by atoms with Gasteiger partial charge in [-0.25, -0.2) is 0 Å². The summed E-state index contributed by atoms with van der Waals surface area (Å²) in [6.45, 7) is 3.55. The zero-order chi connectivity index (χ0) is 29.9. The Kier molecular flexibility index (Phi) is 11.1. The topological polar surface area (TPSA) is 77.4 Å². The number of aliphatic hydroxyl groups is 1. The van der Waals surface area contributed by atoms with Crippen molar-refractivity contribution < 1.29 is 48.8 Å². The van der Waals surface area contributed by atoms with E-state index in [1.54, 1.807) is 13.8 Å². The number of hydrogen-bond acceptors (Lipinski definition) is 4. The number of halogens is 1. The van der Waals surface area contributed by atoms with E-state index >= 15 is 0 Å².